The van der Waals surface area contributed by atoms with Crippen molar-refractivity contribution in [2.75, 3.05) is 19.6 Å². The molecule has 0 radical (unpaired) electrons. The third kappa shape index (κ3) is 3.23. The van der Waals surface area contributed by atoms with Crippen molar-refractivity contribution in [3.05, 3.63) is 0 Å². The zero-order chi connectivity index (χ0) is 13.2. The lowest BCUT2D eigenvalue weighted by atomic mass is 9.91. The van der Waals surface area contributed by atoms with E-state index in [1.165, 1.54) is 0 Å². The third-order valence-corrected chi connectivity index (χ3v) is 5.66. The first-order valence-corrected chi connectivity index (χ1v) is 8.44. The SMILES string of the molecule is CC(C)NS(=O)(=O)N1CCCC1C1CCCNC1. The van der Waals surface area contributed by atoms with Gasteiger partial charge in [0, 0.05) is 18.6 Å². The molecule has 0 spiro atoms. The van der Waals surface area contributed by atoms with Crippen LogP contribution in [0.3, 0.4) is 0 Å². The predicted octanol–water partition coefficient (Wildman–Crippen LogP) is 0.693. The third-order valence-electron chi connectivity index (χ3n) is 3.82. The molecule has 106 valence electrons. The average molecular weight is 275 g/mol. The van der Waals surface area contributed by atoms with Crippen molar-refractivity contribution in [1.29, 1.82) is 0 Å². The highest BCUT2D eigenvalue weighted by molar-refractivity contribution is 7.87. The molecule has 2 rings (SSSR count). The van der Waals surface area contributed by atoms with E-state index in [9.17, 15) is 8.42 Å². The lowest BCUT2D eigenvalue weighted by Gasteiger charge is -2.34. The molecular weight excluding hydrogens is 250 g/mol. The first-order valence-electron chi connectivity index (χ1n) is 7.00. The minimum absolute atomic E-state index is 0.0410. The van der Waals surface area contributed by atoms with Gasteiger partial charge in [-0.1, -0.05) is 0 Å². The Bertz CT molecular complexity index is 364. The van der Waals surface area contributed by atoms with E-state index in [-0.39, 0.29) is 12.1 Å². The zero-order valence-corrected chi connectivity index (χ0v) is 12.2. The Morgan fingerprint density at radius 2 is 2.06 bits per heavy atom. The van der Waals surface area contributed by atoms with Crippen molar-refractivity contribution >= 4 is 10.2 Å². The van der Waals surface area contributed by atoms with Gasteiger partial charge in [0.1, 0.15) is 0 Å². The fourth-order valence-corrected chi connectivity index (χ4v) is 4.84. The van der Waals surface area contributed by atoms with Crippen molar-refractivity contribution in [2.45, 2.75) is 51.6 Å². The summed E-state index contributed by atoms with van der Waals surface area (Å²) >= 11 is 0. The van der Waals surface area contributed by atoms with Crippen molar-refractivity contribution < 1.29 is 8.42 Å². The van der Waals surface area contributed by atoms with E-state index in [4.69, 9.17) is 0 Å². The molecule has 2 saturated heterocycles. The molecule has 5 nitrogen and oxygen atoms in total. The van der Waals surface area contributed by atoms with Crippen molar-refractivity contribution in [2.24, 2.45) is 5.92 Å². The van der Waals surface area contributed by atoms with Gasteiger partial charge >= 0.3 is 0 Å². The van der Waals surface area contributed by atoms with E-state index in [0.29, 0.717) is 12.5 Å². The summed E-state index contributed by atoms with van der Waals surface area (Å²) in [6.07, 6.45) is 4.30. The molecule has 0 aliphatic carbocycles. The molecule has 0 saturated carbocycles. The van der Waals surface area contributed by atoms with Gasteiger partial charge in [0.05, 0.1) is 0 Å². The monoisotopic (exact) mass is 275 g/mol. The van der Waals surface area contributed by atoms with Crippen molar-refractivity contribution in [1.82, 2.24) is 14.3 Å². The number of piperidine rings is 1. The second-order valence-corrected chi connectivity index (χ2v) is 7.36. The Kier molecular flexibility index (Phi) is 4.64. The van der Waals surface area contributed by atoms with Crippen LogP contribution in [0.1, 0.15) is 39.5 Å². The van der Waals surface area contributed by atoms with E-state index in [1.54, 1.807) is 4.31 Å². The van der Waals surface area contributed by atoms with Gasteiger partial charge in [-0.05, 0) is 58.5 Å². The molecular formula is C12H25N3O2S. The maximum Gasteiger partial charge on any atom is 0.279 e. The molecule has 2 aliphatic heterocycles. The second-order valence-electron chi connectivity index (χ2n) is 5.70. The van der Waals surface area contributed by atoms with E-state index in [1.807, 2.05) is 13.8 Å². The first kappa shape index (κ1) is 14.2. The lowest BCUT2D eigenvalue weighted by Crippen LogP contribution is -2.50. The predicted molar refractivity (Wildman–Crippen MR) is 72.5 cm³/mol. The van der Waals surface area contributed by atoms with Gasteiger partial charge in [-0.25, -0.2) is 0 Å². The smallest absolute Gasteiger partial charge is 0.279 e. The largest absolute Gasteiger partial charge is 0.316 e. The summed E-state index contributed by atoms with van der Waals surface area (Å²) in [5.41, 5.74) is 0. The average Bonchev–Trinajstić information content (AvgIpc) is 2.78. The Hall–Kier alpha value is -0.170. The molecule has 2 unspecified atom stereocenters. The van der Waals surface area contributed by atoms with Crippen LogP contribution in [0.2, 0.25) is 0 Å². The van der Waals surface area contributed by atoms with Crippen LogP contribution >= 0.6 is 0 Å². The summed E-state index contributed by atoms with van der Waals surface area (Å²) in [5, 5.41) is 3.38. The highest BCUT2D eigenvalue weighted by atomic mass is 32.2. The van der Waals surface area contributed by atoms with Crippen molar-refractivity contribution in [3.8, 4) is 0 Å². The van der Waals surface area contributed by atoms with Crippen LogP contribution in [0.15, 0.2) is 0 Å². The number of hydrogen-bond acceptors (Lipinski definition) is 3. The second kappa shape index (κ2) is 5.86. The van der Waals surface area contributed by atoms with E-state index < -0.39 is 10.2 Å². The van der Waals surface area contributed by atoms with Crippen LogP contribution in [0, 0.1) is 5.92 Å². The summed E-state index contributed by atoms with van der Waals surface area (Å²) in [6, 6.07) is 0.148. The van der Waals surface area contributed by atoms with Gasteiger partial charge in [-0.15, -0.1) is 0 Å². The molecule has 2 atom stereocenters. The molecule has 0 aromatic rings. The molecule has 6 heteroatoms. The van der Waals surface area contributed by atoms with Crippen LogP contribution in [0.5, 0.6) is 0 Å². The summed E-state index contributed by atoms with van der Waals surface area (Å²) < 4.78 is 29.0. The molecule has 2 fully saturated rings. The number of nitrogens with one attached hydrogen (secondary N) is 2. The minimum atomic E-state index is -3.30. The summed E-state index contributed by atoms with van der Waals surface area (Å²) in [4.78, 5) is 0. The van der Waals surface area contributed by atoms with Crippen molar-refractivity contribution in [3.63, 3.8) is 0 Å². The number of rotatable bonds is 4. The molecule has 0 bridgehead atoms. The molecule has 2 N–H and O–H groups in total. The Morgan fingerprint density at radius 3 is 2.67 bits per heavy atom. The fourth-order valence-electron chi connectivity index (χ4n) is 3.11. The van der Waals surface area contributed by atoms with Gasteiger partial charge in [0.25, 0.3) is 10.2 Å². The van der Waals surface area contributed by atoms with Gasteiger partial charge in [-0.2, -0.15) is 17.4 Å². The topological polar surface area (TPSA) is 61.4 Å². The first-order chi connectivity index (χ1) is 8.50. The highest BCUT2D eigenvalue weighted by Crippen LogP contribution is 2.29. The number of hydrogen-bond donors (Lipinski definition) is 2. The Morgan fingerprint density at radius 1 is 1.28 bits per heavy atom. The van der Waals surface area contributed by atoms with Crippen LogP contribution in [-0.4, -0.2) is 44.4 Å². The van der Waals surface area contributed by atoms with E-state index >= 15 is 0 Å². The number of nitrogens with zero attached hydrogens (tertiary/aromatic N) is 1. The molecule has 0 aromatic heterocycles. The lowest BCUT2D eigenvalue weighted by molar-refractivity contribution is 0.237. The Labute approximate surface area is 110 Å². The quantitative estimate of drug-likeness (QED) is 0.794. The van der Waals surface area contributed by atoms with E-state index in [2.05, 4.69) is 10.0 Å². The van der Waals surface area contributed by atoms with Gasteiger partial charge in [0.2, 0.25) is 0 Å². The van der Waals surface area contributed by atoms with Crippen LogP contribution in [0.25, 0.3) is 0 Å². The van der Waals surface area contributed by atoms with Crippen LogP contribution < -0.4 is 10.0 Å². The molecule has 2 heterocycles. The molecule has 0 aromatic carbocycles. The zero-order valence-electron chi connectivity index (χ0n) is 11.4. The standard InChI is InChI=1S/C12H25N3O2S/c1-10(2)14-18(16,17)15-8-4-6-12(15)11-5-3-7-13-9-11/h10-14H,3-9H2,1-2H3. The van der Waals surface area contributed by atoms with Gasteiger partial charge in [-0.3, -0.25) is 0 Å². The summed E-state index contributed by atoms with van der Waals surface area (Å²) in [5.74, 6) is 0.477. The minimum Gasteiger partial charge on any atom is -0.316 e. The molecule has 18 heavy (non-hydrogen) atoms. The fraction of sp³-hybridized carbons (Fsp3) is 1.00. The Balaban J connectivity index is 2.06. The normalized spacial score (nSPS) is 31.1. The molecule has 0 amide bonds. The van der Waals surface area contributed by atoms with Crippen LogP contribution in [-0.2, 0) is 10.2 Å². The van der Waals surface area contributed by atoms with E-state index in [0.717, 1.165) is 38.8 Å². The maximum absolute atomic E-state index is 12.3. The van der Waals surface area contributed by atoms with Gasteiger partial charge in [0.15, 0.2) is 0 Å². The summed E-state index contributed by atoms with van der Waals surface area (Å²) in [6.45, 7) is 6.43. The van der Waals surface area contributed by atoms with Crippen LogP contribution in [0.4, 0.5) is 0 Å². The highest BCUT2D eigenvalue weighted by Gasteiger charge is 2.39. The van der Waals surface area contributed by atoms with Gasteiger partial charge < -0.3 is 5.32 Å². The molecule has 2 aliphatic rings. The maximum atomic E-state index is 12.3. The summed E-state index contributed by atoms with van der Waals surface area (Å²) in [7, 11) is -3.30.